The fraction of sp³-hybridized carbons (Fsp3) is 0. The highest BCUT2D eigenvalue weighted by molar-refractivity contribution is 7.07. The number of hydrogen-bond donors (Lipinski definition) is 0. The maximum absolute atomic E-state index is 2.23. The van der Waals surface area contributed by atoms with Gasteiger partial charge >= 0.3 is 21.2 Å². The van der Waals surface area contributed by atoms with E-state index in [9.17, 15) is 0 Å². The first-order valence-corrected chi connectivity index (χ1v) is 6.72. The molecular weight excluding hydrogens is 406 g/mol. The summed E-state index contributed by atoms with van der Waals surface area (Å²) in [5.74, 6) is 0. The van der Waals surface area contributed by atoms with Crippen LogP contribution in [-0.2, 0) is 0 Å². The molecule has 0 bridgehead atoms. The second-order valence-electron chi connectivity index (χ2n) is 2.31. The zero-order valence-electron chi connectivity index (χ0n) is 6.78. The van der Waals surface area contributed by atoms with Gasteiger partial charge in [0.2, 0.25) is 2.88 Å². The van der Waals surface area contributed by atoms with Crippen LogP contribution >= 0.6 is 11.3 Å². The van der Waals surface area contributed by atoms with Crippen molar-refractivity contribution >= 4 is 11.3 Å². The first-order valence-electron chi connectivity index (χ1n) is 3.68. The van der Waals surface area contributed by atoms with Gasteiger partial charge in [-0.05, 0) is 23.6 Å². The van der Waals surface area contributed by atoms with Gasteiger partial charge in [0.15, 0.2) is 3.57 Å². The summed E-state index contributed by atoms with van der Waals surface area (Å²) in [6.45, 7) is 0. The van der Waals surface area contributed by atoms with E-state index in [2.05, 4.69) is 47.8 Å². The summed E-state index contributed by atoms with van der Waals surface area (Å²) in [6.07, 6.45) is 0. The number of benzene rings is 1. The standard InChI is InChI=1S/C10H8IS.HI/c1-2-5-9(6-3-1)11-10-7-4-8-12-10;/h1-8H;1H/q+1;/p-1. The molecule has 1 aromatic heterocycles. The summed E-state index contributed by atoms with van der Waals surface area (Å²) < 4.78 is 3.04. The van der Waals surface area contributed by atoms with Crippen LogP contribution in [0, 0.1) is 6.45 Å². The molecular formula is C10H8I2S. The maximum Gasteiger partial charge on any atom is 0.369 e. The predicted octanol–water partition coefficient (Wildman–Crippen LogP) is -3.12. The molecule has 0 saturated heterocycles. The fourth-order valence-electron chi connectivity index (χ4n) is 0.897. The van der Waals surface area contributed by atoms with E-state index in [4.69, 9.17) is 0 Å². The van der Waals surface area contributed by atoms with Gasteiger partial charge in [-0.3, -0.25) is 0 Å². The lowest BCUT2D eigenvalue weighted by atomic mass is 10.4. The molecule has 2 rings (SSSR count). The Hall–Kier alpha value is 0.380. The zero-order chi connectivity index (χ0) is 8.23. The third kappa shape index (κ3) is 3.55. The van der Waals surface area contributed by atoms with E-state index in [0.717, 1.165) is 0 Å². The highest BCUT2D eigenvalue weighted by Crippen LogP contribution is 1.94. The van der Waals surface area contributed by atoms with Crippen molar-refractivity contribution in [3.63, 3.8) is 0 Å². The number of hydrogen-bond acceptors (Lipinski definition) is 1. The maximum atomic E-state index is 2.23. The first kappa shape index (κ1) is 11.5. The third-order valence-corrected chi connectivity index (χ3v) is 5.59. The molecule has 0 fully saturated rings. The van der Waals surface area contributed by atoms with Crippen LogP contribution in [0.5, 0.6) is 0 Å². The van der Waals surface area contributed by atoms with E-state index in [1.165, 1.54) is 3.57 Å². The van der Waals surface area contributed by atoms with Crippen LogP contribution in [0.4, 0.5) is 0 Å². The van der Waals surface area contributed by atoms with E-state index in [0.29, 0.717) is 0 Å². The lowest BCUT2D eigenvalue weighted by molar-refractivity contribution is -0.591. The average molecular weight is 414 g/mol. The van der Waals surface area contributed by atoms with Gasteiger partial charge < -0.3 is 24.0 Å². The molecule has 0 spiro atoms. The largest absolute Gasteiger partial charge is 1.00 e. The molecule has 0 atom stereocenters. The molecule has 2 aromatic rings. The predicted molar refractivity (Wildman–Crippen MR) is 48.2 cm³/mol. The normalized spacial score (nSPS) is 9.23. The highest BCUT2D eigenvalue weighted by Gasteiger charge is 2.14. The van der Waals surface area contributed by atoms with Gasteiger partial charge in [-0.15, -0.1) is 0 Å². The van der Waals surface area contributed by atoms with Gasteiger partial charge in [0.25, 0.3) is 0 Å². The smallest absolute Gasteiger partial charge is 0.369 e. The monoisotopic (exact) mass is 414 g/mol. The van der Waals surface area contributed by atoms with Crippen LogP contribution in [0.3, 0.4) is 0 Å². The molecule has 68 valence electrons. The Bertz CT molecular complexity index is 329. The molecule has 1 heterocycles. The molecule has 0 unspecified atom stereocenters. The van der Waals surface area contributed by atoms with Crippen LogP contribution < -0.4 is 45.2 Å². The van der Waals surface area contributed by atoms with Crippen LogP contribution in [0.15, 0.2) is 47.8 Å². The Morgan fingerprint density at radius 2 is 1.69 bits per heavy atom. The van der Waals surface area contributed by atoms with E-state index >= 15 is 0 Å². The van der Waals surface area contributed by atoms with E-state index in [-0.39, 0.29) is 45.2 Å². The van der Waals surface area contributed by atoms with Crippen molar-refractivity contribution < 1.29 is 45.2 Å². The van der Waals surface area contributed by atoms with E-state index < -0.39 is 0 Å². The van der Waals surface area contributed by atoms with Gasteiger partial charge in [0.05, 0.1) is 0 Å². The Kier molecular flexibility index (Phi) is 5.27. The SMILES string of the molecule is [I-].c1ccc([I+]c2cccs2)cc1. The number of thiophene rings is 1. The Balaban J connectivity index is 0.000000845. The number of halogens is 2. The van der Waals surface area contributed by atoms with Gasteiger partial charge in [-0.1, -0.05) is 29.5 Å². The minimum Gasteiger partial charge on any atom is -1.00 e. The zero-order valence-corrected chi connectivity index (χ0v) is 11.9. The van der Waals surface area contributed by atoms with Crippen LogP contribution in [0.1, 0.15) is 0 Å². The van der Waals surface area contributed by atoms with Crippen molar-refractivity contribution in [3.05, 3.63) is 54.3 Å². The molecule has 3 heteroatoms. The average Bonchev–Trinajstić information content (AvgIpc) is 2.59. The lowest BCUT2D eigenvalue weighted by Crippen LogP contribution is -3.61. The van der Waals surface area contributed by atoms with Crippen LogP contribution in [-0.4, -0.2) is 0 Å². The fourth-order valence-corrected chi connectivity index (χ4v) is 4.58. The van der Waals surface area contributed by atoms with Crippen molar-refractivity contribution in [2.45, 2.75) is 0 Å². The van der Waals surface area contributed by atoms with Gasteiger partial charge in [-0.2, -0.15) is 0 Å². The minimum atomic E-state index is 0. The molecule has 1 aromatic carbocycles. The van der Waals surface area contributed by atoms with Crippen molar-refractivity contribution in [1.82, 2.24) is 0 Å². The molecule has 0 aliphatic rings. The van der Waals surface area contributed by atoms with E-state index in [1.807, 2.05) is 11.3 Å². The molecule has 0 aliphatic carbocycles. The van der Waals surface area contributed by atoms with Crippen molar-refractivity contribution in [3.8, 4) is 0 Å². The Labute approximate surface area is 110 Å². The van der Waals surface area contributed by atoms with Crippen molar-refractivity contribution in [2.75, 3.05) is 0 Å². The van der Waals surface area contributed by atoms with Gasteiger partial charge in [0.1, 0.15) is 0 Å². The Morgan fingerprint density at radius 3 is 2.31 bits per heavy atom. The summed E-state index contributed by atoms with van der Waals surface area (Å²) >= 11 is 1.95. The highest BCUT2D eigenvalue weighted by atomic mass is 127. The molecule has 0 amide bonds. The molecule has 0 nitrogen and oxygen atoms in total. The van der Waals surface area contributed by atoms with Gasteiger partial charge in [-0.25, -0.2) is 0 Å². The molecule has 0 radical (unpaired) electrons. The first-order chi connectivity index (χ1) is 5.95. The lowest BCUT2D eigenvalue weighted by Gasteiger charge is -1.79. The second-order valence-corrected chi connectivity index (χ2v) is 6.93. The minimum absolute atomic E-state index is 0. The van der Waals surface area contributed by atoms with E-state index in [1.54, 1.807) is 2.88 Å². The summed E-state index contributed by atoms with van der Waals surface area (Å²) in [7, 11) is 0. The van der Waals surface area contributed by atoms with Crippen LogP contribution in [0.2, 0.25) is 0 Å². The second kappa shape index (κ2) is 5.98. The summed E-state index contributed by atoms with van der Waals surface area (Å²) in [5.41, 5.74) is 0. The third-order valence-electron chi connectivity index (χ3n) is 1.42. The number of rotatable bonds is 2. The molecule has 0 aliphatic heterocycles. The topological polar surface area (TPSA) is 0 Å². The summed E-state index contributed by atoms with van der Waals surface area (Å²) in [6, 6.07) is 15.1. The molecule has 0 N–H and O–H groups in total. The van der Waals surface area contributed by atoms with Crippen molar-refractivity contribution in [1.29, 1.82) is 0 Å². The molecule has 0 saturated carbocycles. The summed E-state index contributed by atoms with van der Waals surface area (Å²) in [4.78, 5) is 0. The quantitative estimate of drug-likeness (QED) is 0.457. The summed E-state index contributed by atoms with van der Waals surface area (Å²) in [5, 5.41) is 2.15. The van der Waals surface area contributed by atoms with Crippen LogP contribution in [0.25, 0.3) is 0 Å². The molecule has 13 heavy (non-hydrogen) atoms. The van der Waals surface area contributed by atoms with Crippen molar-refractivity contribution in [2.24, 2.45) is 0 Å². The van der Waals surface area contributed by atoms with Gasteiger partial charge in [0, 0.05) is 6.07 Å². The Morgan fingerprint density at radius 1 is 0.923 bits per heavy atom.